The van der Waals surface area contributed by atoms with Crippen LogP contribution < -0.4 is 10.6 Å². The minimum Gasteiger partial charge on any atom is -0.367 e. The van der Waals surface area contributed by atoms with Crippen molar-refractivity contribution in [3.8, 4) is 0 Å². The number of aryl methyl sites for hydroxylation is 1. The van der Waals surface area contributed by atoms with Crippen LogP contribution in [0.1, 0.15) is 48.0 Å². The summed E-state index contributed by atoms with van der Waals surface area (Å²) in [4.78, 5) is 16.3. The average molecular weight is 300 g/mol. The fourth-order valence-electron chi connectivity index (χ4n) is 2.13. The van der Waals surface area contributed by atoms with Crippen LogP contribution in [0.2, 0.25) is 0 Å². The second-order valence-corrected chi connectivity index (χ2v) is 5.57. The highest BCUT2D eigenvalue weighted by Gasteiger charge is 2.21. The quantitative estimate of drug-likeness (QED) is 0.821. The van der Waals surface area contributed by atoms with E-state index in [0.717, 1.165) is 24.4 Å². The Hall–Kier alpha value is -2.37. The number of aromatic nitrogens is 2. The molecule has 2 aromatic rings. The Labute approximate surface area is 129 Å². The molecule has 0 aromatic carbocycles. The zero-order valence-corrected chi connectivity index (χ0v) is 12.6. The highest BCUT2D eigenvalue weighted by molar-refractivity contribution is 5.93. The molecule has 2 aromatic heterocycles. The van der Waals surface area contributed by atoms with Crippen LogP contribution in [-0.4, -0.2) is 22.1 Å². The monoisotopic (exact) mass is 300 g/mol. The van der Waals surface area contributed by atoms with Gasteiger partial charge in [0.25, 0.3) is 5.91 Å². The number of nitrogens with one attached hydrogen (secondary N) is 2. The first-order valence-electron chi connectivity index (χ1n) is 7.70. The van der Waals surface area contributed by atoms with Crippen molar-refractivity contribution in [3.05, 3.63) is 41.4 Å². The molecule has 0 radical (unpaired) electrons. The van der Waals surface area contributed by atoms with Crippen molar-refractivity contribution < 1.29 is 9.32 Å². The second-order valence-electron chi connectivity index (χ2n) is 5.57. The van der Waals surface area contributed by atoms with Crippen LogP contribution in [0.15, 0.2) is 28.9 Å². The van der Waals surface area contributed by atoms with E-state index >= 15 is 0 Å². The summed E-state index contributed by atoms with van der Waals surface area (Å²) in [5.41, 5.74) is 1.46. The molecule has 0 atom stereocenters. The van der Waals surface area contributed by atoms with Crippen LogP contribution in [0, 0.1) is 0 Å². The molecule has 1 aliphatic rings. The maximum Gasteiger partial charge on any atom is 0.253 e. The van der Waals surface area contributed by atoms with Crippen molar-refractivity contribution in [1.29, 1.82) is 0 Å². The van der Waals surface area contributed by atoms with E-state index in [1.165, 1.54) is 12.8 Å². The lowest BCUT2D eigenvalue weighted by atomic mass is 10.2. The summed E-state index contributed by atoms with van der Waals surface area (Å²) in [6.45, 7) is 2.42. The van der Waals surface area contributed by atoms with Gasteiger partial charge in [-0.3, -0.25) is 4.79 Å². The van der Waals surface area contributed by atoms with Gasteiger partial charge in [0.15, 0.2) is 5.76 Å². The van der Waals surface area contributed by atoms with Gasteiger partial charge >= 0.3 is 0 Å². The Kier molecular flexibility index (Phi) is 4.37. The van der Waals surface area contributed by atoms with Crippen molar-refractivity contribution in [2.75, 3.05) is 5.32 Å². The maximum atomic E-state index is 12.1. The third-order valence-corrected chi connectivity index (χ3v) is 3.49. The fourth-order valence-corrected chi connectivity index (χ4v) is 2.13. The van der Waals surface area contributed by atoms with E-state index in [1.54, 1.807) is 12.3 Å². The van der Waals surface area contributed by atoms with Crippen LogP contribution in [0.3, 0.4) is 0 Å². The van der Waals surface area contributed by atoms with Gasteiger partial charge in [-0.15, -0.1) is 0 Å². The SMILES string of the molecule is CCCc1cc(CNC(=O)c2ccc(NC3CC3)nc2)on1. The van der Waals surface area contributed by atoms with E-state index in [-0.39, 0.29) is 5.91 Å². The van der Waals surface area contributed by atoms with Crippen LogP contribution in [-0.2, 0) is 13.0 Å². The molecular weight excluding hydrogens is 280 g/mol. The number of hydrogen-bond acceptors (Lipinski definition) is 5. The smallest absolute Gasteiger partial charge is 0.253 e. The molecule has 0 saturated heterocycles. The van der Waals surface area contributed by atoms with Gasteiger partial charge in [0.1, 0.15) is 5.82 Å². The Morgan fingerprint density at radius 1 is 1.41 bits per heavy atom. The summed E-state index contributed by atoms with van der Waals surface area (Å²) in [5.74, 6) is 1.31. The van der Waals surface area contributed by atoms with E-state index in [0.29, 0.717) is 23.9 Å². The summed E-state index contributed by atoms with van der Waals surface area (Å²) in [6.07, 6.45) is 5.88. The molecular formula is C16H20N4O2. The van der Waals surface area contributed by atoms with Crippen LogP contribution in [0.5, 0.6) is 0 Å². The first-order chi connectivity index (χ1) is 10.7. The summed E-state index contributed by atoms with van der Waals surface area (Å²) in [6, 6.07) is 6.04. The highest BCUT2D eigenvalue weighted by atomic mass is 16.5. The molecule has 0 bridgehead atoms. The number of carbonyl (C=O) groups is 1. The Bertz CT molecular complexity index is 632. The topological polar surface area (TPSA) is 80.0 Å². The summed E-state index contributed by atoms with van der Waals surface area (Å²) < 4.78 is 5.18. The van der Waals surface area contributed by atoms with E-state index in [4.69, 9.17) is 4.52 Å². The fraction of sp³-hybridized carbons (Fsp3) is 0.438. The molecule has 0 aliphatic heterocycles. The minimum absolute atomic E-state index is 0.168. The van der Waals surface area contributed by atoms with Crippen LogP contribution in [0.25, 0.3) is 0 Å². The predicted octanol–water partition coefficient (Wildman–Crippen LogP) is 2.53. The highest BCUT2D eigenvalue weighted by Crippen LogP contribution is 2.23. The van der Waals surface area contributed by atoms with Crippen LogP contribution >= 0.6 is 0 Å². The lowest BCUT2D eigenvalue weighted by Crippen LogP contribution is -2.22. The number of amides is 1. The Morgan fingerprint density at radius 3 is 2.95 bits per heavy atom. The first kappa shape index (κ1) is 14.6. The van der Waals surface area contributed by atoms with E-state index in [1.807, 2.05) is 12.1 Å². The molecule has 2 heterocycles. The molecule has 1 amide bonds. The van der Waals surface area contributed by atoms with E-state index in [9.17, 15) is 4.79 Å². The van der Waals surface area contributed by atoms with Crippen molar-refractivity contribution in [2.24, 2.45) is 0 Å². The normalized spacial score (nSPS) is 13.9. The first-order valence-corrected chi connectivity index (χ1v) is 7.70. The molecule has 116 valence electrons. The standard InChI is InChI=1S/C16H20N4O2/c1-2-3-13-8-14(22-20-13)10-18-16(21)11-4-7-15(17-9-11)19-12-5-6-12/h4,7-9,12H,2-3,5-6,10H2,1H3,(H,17,19)(H,18,21). The number of rotatable bonds is 7. The maximum absolute atomic E-state index is 12.1. The number of anilines is 1. The number of pyridine rings is 1. The molecule has 0 spiro atoms. The van der Waals surface area contributed by atoms with Crippen molar-refractivity contribution in [2.45, 2.75) is 45.2 Å². The van der Waals surface area contributed by atoms with E-state index in [2.05, 4.69) is 27.7 Å². The van der Waals surface area contributed by atoms with Gasteiger partial charge in [0.2, 0.25) is 0 Å². The van der Waals surface area contributed by atoms with Crippen molar-refractivity contribution >= 4 is 11.7 Å². The van der Waals surface area contributed by atoms with Crippen molar-refractivity contribution in [3.63, 3.8) is 0 Å². The Balaban J connectivity index is 1.51. The minimum atomic E-state index is -0.168. The predicted molar refractivity (Wildman–Crippen MR) is 82.5 cm³/mol. The molecule has 1 fully saturated rings. The van der Waals surface area contributed by atoms with Gasteiger partial charge in [0.05, 0.1) is 17.8 Å². The van der Waals surface area contributed by atoms with Gasteiger partial charge in [0, 0.05) is 18.3 Å². The lowest BCUT2D eigenvalue weighted by Gasteiger charge is -2.05. The zero-order chi connectivity index (χ0) is 15.4. The van der Waals surface area contributed by atoms with Gasteiger partial charge < -0.3 is 15.2 Å². The number of carbonyl (C=O) groups excluding carboxylic acids is 1. The van der Waals surface area contributed by atoms with Gasteiger partial charge in [-0.2, -0.15) is 0 Å². The second kappa shape index (κ2) is 6.60. The summed E-state index contributed by atoms with van der Waals surface area (Å²) >= 11 is 0. The van der Waals surface area contributed by atoms with E-state index < -0.39 is 0 Å². The molecule has 6 nitrogen and oxygen atoms in total. The summed E-state index contributed by atoms with van der Waals surface area (Å²) in [5, 5.41) is 10.1. The third kappa shape index (κ3) is 3.84. The summed E-state index contributed by atoms with van der Waals surface area (Å²) in [7, 11) is 0. The van der Waals surface area contributed by atoms with Gasteiger partial charge in [-0.05, 0) is 31.4 Å². The van der Waals surface area contributed by atoms with Crippen molar-refractivity contribution in [1.82, 2.24) is 15.5 Å². The molecule has 6 heteroatoms. The molecule has 1 saturated carbocycles. The molecule has 1 aliphatic carbocycles. The number of hydrogen-bond donors (Lipinski definition) is 2. The average Bonchev–Trinajstić information content (AvgIpc) is 3.23. The van der Waals surface area contributed by atoms with Gasteiger partial charge in [-0.25, -0.2) is 4.98 Å². The third-order valence-electron chi connectivity index (χ3n) is 3.49. The molecule has 22 heavy (non-hydrogen) atoms. The molecule has 2 N–H and O–H groups in total. The van der Waals surface area contributed by atoms with Crippen LogP contribution in [0.4, 0.5) is 5.82 Å². The lowest BCUT2D eigenvalue weighted by molar-refractivity contribution is 0.0946. The van der Waals surface area contributed by atoms with Gasteiger partial charge in [-0.1, -0.05) is 18.5 Å². The molecule has 0 unspecified atom stereocenters. The Morgan fingerprint density at radius 2 is 2.27 bits per heavy atom. The largest absolute Gasteiger partial charge is 0.367 e. The molecule has 3 rings (SSSR count). The number of nitrogens with zero attached hydrogens (tertiary/aromatic N) is 2. The zero-order valence-electron chi connectivity index (χ0n) is 12.6.